The summed E-state index contributed by atoms with van der Waals surface area (Å²) >= 11 is 0. The van der Waals surface area contributed by atoms with Crippen molar-refractivity contribution >= 4 is 17.6 Å². The molecular formula is C13H13N3O3. The van der Waals surface area contributed by atoms with Gasteiger partial charge in [0.15, 0.2) is 0 Å². The first-order valence-corrected chi connectivity index (χ1v) is 5.58. The van der Waals surface area contributed by atoms with Crippen molar-refractivity contribution in [2.24, 2.45) is 7.05 Å². The highest BCUT2D eigenvalue weighted by Crippen LogP contribution is 2.12. The lowest BCUT2D eigenvalue weighted by Gasteiger charge is -2.05. The highest BCUT2D eigenvalue weighted by atomic mass is 16.5. The molecule has 6 heteroatoms. The third-order valence-corrected chi connectivity index (χ3v) is 2.51. The topological polar surface area (TPSA) is 73.2 Å². The summed E-state index contributed by atoms with van der Waals surface area (Å²) < 4.78 is 6.16. The molecule has 1 N–H and O–H groups in total. The van der Waals surface area contributed by atoms with Crippen molar-refractivity contribution in [1.82, 2.24) is 9.78 Å². The molecule has 98 valence electrons. The Morgan fingerprint density at radius 1 is 1.32 bits per heavy atom. The zero-order valence-corrected chi connectivity index (χ0v) is 10.6. The number of methoxy groups -OCH3 is 1. The lowest BCUT2D eigenvalue weighted by Crippen LogP contribution is -2.12. The van der Waals surface area contributed by atoms with Gasteiger partial charge in [-0.25, -0.2) is 4.79 Å². The second kappa shape index (κ2) is 5.34. The van der Waals surface area contributed by atoms with E-state index in [2.05, 4.69) is 15.2 Å². The van der Waals surface area contributed by atoms with Gasteiger partial charge in [0, 0.05) is 18.9 Å². The number of carbonyl (C=O) groups is 2. The van der Waals surface area contributed by atoms with Crippen molar-refractivity contribution in [2.45, 2.75) is 0 Å². The van der Waals surface area contributed by atoms with Gasteiger partial charge in [0.1, 0.15) is 0 Å². The number of esters is 1. The van der Waals surface area contributed by atoms with Gasteiger partial charge >= 0.3 is 5.97 Å². The van der Waals surface area contributed by atoms with Gasteiger partial charge < -0.3 is 10.1 Å². The molecule has 0 aliphatic heterocycles. The van der Waals surface area contributed by atoms with Crippen LogP contribution in [0, 0.1) is 0 Å². The summed E-state index contributed by atoms with van der Waals surface area (Å²) in [6.45, 7) is 0. The molecule has 1 aromatic heterocycles. The van der Waals surface area contributed by atoms with Gasteiger partial charge in [-0.2, -0.15) is 5.10 Å². The van der Waals surface area contributed by atoms with Gasteiger partial charge in [-0.1, -0.05) is 6.07 Å². The van der Waals surface area contributed by atoms with E-state index < -0.39 is 5.97 Å². The van der Waals surface area contributed by atoms with Crippen LogP contribution in [0.25, 0.3) is 0 Å². The molecule has 0 radical (unpaired) electrons. The molecule has 0 saturated heterocycles. The molecule has 0 saturated carbocycles. The van der Waals surface area contributed by atoms with Crippen LogP contribution in [-0.4, -0.2) is 28.8 Å². The first kappa shape index (κ1) is 12.8. The van der Waals surface area contributed by atoms with Crippen LogP contribution in [0.5, 0.6) is 0 Å². The SMILES string of the molecule is COC(=O)c1cccc(NC(=O)c2cnn(C)c2)c1. The maximum absolute atomic E-state index is 11.9. The van der Waals surface area contributed by atoms with E-state index in [9.17, 15) is 9.59 Å². The highest BCUT2D eigenvalue weighted by Gasteiger charge is 2.10. The fraction of sp³-hybridized carbons (Fsp3) is 0.154. The van der Waals surface area contributed by atoms with E-state index in [4.69, 9.17) is 0 Å². The number of hydrogen-bond donors (Lipinski definition) is 1. The fourth-order valence-electron chi connectivity index (χ4n) is 1.58. The molecule has 2 rings (SSSR count). The number of anilines is 1. The Morgan fingerprint density at radius 3 is 2.74 bits per heavy atom. The number of nitrogens with zero attached hydrogens (tertiary/aromatic N) is 2. The van der Waals surface area contributed by atoms with Crippen molar-refractivity contribution < 1.29 is 14.3 Å². The van der Waals surface area contributed by atoms with E-state index in [-0.39, 0.29) is 5.91 Å². The molecule has 0 aliphatic rings. The lowest BCUT2D eigenvalue weighted by atomic mass is 10.2. The highest BCUT2D eigenvalue weighted by molar-refractivity contribution is 6.04. The maximum Gasteiger partial charge on any atom is 0.337 e. The van der Waals surface area contributed by atoms with E-state index in [1.54, 1.807) is 42.2 Å². The van der Waals surface area contributed by atoms with Gasteiger partial charge in [-0.05, 0) is 18.2 Å². The second-order valence-corrected chi connectivity index (χ2v) is 3.93. The molecule has 0 aliphatic carbocycles. The minimum Gasteiger partial charge on any atom is -0.465 e. The first-order valence-electron chi connectivity index (χ1n) is 5.58. The number of aromatic nitrogens is 2. The average Bonchev–Trinajstić information content (AvgIpc) is 2.85. The quantitative estimate of drug-likeness (QED) is 0.847. The van der Waals surface area contributed by atoms with Crippen molar-refractivity contribution in [3.05, 3.63) is 47.8 Å². The summed E-state index contributed by atoms with van der Waals surface area (Å²) in [6.07, 6.45) is 3.08. The molecule has 2 aromatic rings. The molecule has 0 fully saturated rings. The third kappa shape index (κ3) is 2.98. The average molecular weight is 259 g/mol. The summed E-state index contributed by atoms with van der Waals surface area (Å²) in [5, 5.41) is 6.61. The van der Waals surface area contributed by atoms with Crippen LogP contribution in [0.4, 0.5) is 5.69 Å². The monoisotopic (exact) mass is 259 g/mol. The van der Waals surface area contributed by atoms with Crippen molar-refractivity contribution in [1.29, 1.82) is 0 Å². The Hall–Kier alpha value is -2.63. The van der Waals surface area contributed by atoms with Crippen LogP contribution in [-0.2, 0) is 11.8 Å². The minimum atomic E-state index is -0.447. The zero-order chi connectivity index (χ0) is 13.8. The second-order valence-electron chi connectivity index (χ2n) is 3.93. The number of nitrogens with one attached hydrogen (secondary N) is 1. The normalized spacial score (nSPS) is 10.0. The molecule has 1 amide bonds. The summed E-state index contributed by atoms with van der Waals surface area (Å²) in [5.41, 5.74) is 1.36. The van der Waals surface area contributed by atoms with Crippen LogP contribution in [0.1, 0.15) is 20.7 Å². The number of benzene rings is 1. The maximum atomic E-state index is 11.9. The predicted octanol–water partition coefficient (Wildman–Crippen LogP) is 1.46. The first-order chi connectivity index (χ1) is 9.10. The molecule has 0 bridgehead atoms. The van der Waals surface area contributed by atoms with E-state index in [0.717, 1.165) is 0 Å². The van der Waals surface area contributed by atoms with Crippen LogP contribution >= 0.6 is 0 Å². The number of hydrogen-bond acceptors (Lipinski definition) is 4. The number of ether oxygens (including phenoxy) is 1. The van der Waals surface area contributed by atoms with Crippen LogP contribution in [0.15, 0.2) is 36.7 Å². The molecular weight excluding hydrogens is 246 g/mol. The van der Waals surface area contributed by atoms with Crippen LogP contribution in [0.2, 0.25) is 0 Å². The molecule has 1 heterocycles. The van der Waals surface area contributed by atoms with Gasteiger partial charge in [0.2, 0.25) is 0 Å². The van der Waals surface area contributed by atoms with Crippen molar-refractivity contribution in [3.8, 4) is 0 Å². The molecule has 0 unspecified atom stereocenters. The van der Waals surface area contributed by atoms with Gasteiger partial charge in [0.05, 0.1) is 24.4 Å². The van der Waals surface area contributed by atoms with Gasteiger partial charge in [-0.3, -0.25) is 9.48 Å². The van der Waals surface area contributed by atoms with E-state index in [1.165, 1.54) is 13.3 Å². The molecule has 1 aromatic carbocycles. The summed E-state index contributed by atoms with van der Waals surface area (Å²) in [7, 11) is 3.04. The summed E-state index contributed by atoms with van der Waals surface area (Å²) in [6, 6.07) is 6.54. The van der Waals surface area contributed by atoms with Crippen LogP contribution in [0.3, 0.4) is 0 Å². The smallest absolute Gasteiger partial charge is 0.337 e. The summed E-state index contributed by atoms with van der Waals surface area (Å²) in [4.78, 5) is 23.3. The number of aryl methyl sites for hydroxylation is 1. The Bertz CT molecular complexity index is 619. The lowest BCUT2D eigenvalue weighted by molar-refractivity contribution is 0.0600. The molecule has 19 heavy (non-hydrogen) atoms. The fourth-order valence-corrected chi connectivity index (χ4v) is 1.58. The predicted molar refractivity (Wildman–Crippen MR) is 68.9 cm³/mol. The van der Waals surface area contributed by atoms with E-state index in [1.807, 2.05) is 0 Å². The molecule has 6 nitrogen and oxygen atoms in total. The minimum absolute atomic E-state index is 0.282. The number of rotatable bonds is 3. The van der Waals surface area contributed by atoms with Crippen molar-refractivity contribution in [3.63, 3.8) is 0 Å². The Morgan fingerprint density at radius 2 is 2.11 bits per heavy atom. The van der Waals surface area contributed by atoms with Gasteiger partial charge in [-0.15, -0.1) is 0 Å². The Balaban J connectivity index is 2.15. The summed E-state index contributed by atoms with van der Waals surface area (Å²) in [5.74, 6) is -0.729. The standard InChI is InChI=1S/C13H13N3O3/c1-16-8-10(7-14-16)12(17)15-11-5-3-4-9(6-11)13(18)19-2/h3-8H,1-2H3,(H,15,17). The van der Waals surface area contributed by atoms with E-state index >= 15 is 0 Å². The zero-order valence-electron chi connectivity index (χ0n) is 10.6. The third-order valence-electron chi connectivity index (χ3n) is 2.51. The van der Waals surface area contributed by atoms with Crippen LogP contribution < -0.4 is 5.32 Å². The number of carbonyl (C=O) groups excluding carboxylic acids is 2. The Labute approximate surface area is 110 Å². The van der Waals surface area contributed by atoms with Gasteiger partial charge in [0.25, 0.3) is 5.91 Å². The number of amides is 1. The molecule has 0 spiro atoms. The molecule has 0 atom stereocenters. The largest absolute Gasteiger partial charge is 0.465 e. The Kier molecular flexibility index (Phi) is 3.61. The van der Waals surface area contributed by atoms with Crippen molar-refractivity contribution in [2.75, 3.05) is 12.4 Å². The van der Waals surface area contributed by atoms with E-state index in [0.29, 0.717) is 16.8 Å².